The van der Waals surface area contributed by atoms with E-state index in [1.165, 1.54) is 19.3 Å². The van der Waals surface area contributed by atoms with Crippen LogP contribution in [-0.2, 0) is 13.3 Å². The summed E-state index contributed by atoms with van der Waals surface area (Å²) < 4.78 is 3.86. The van der Waals surface area contributed by atoms with Crippen LogP contribution in [-0.4, -0.2) is 9.67 Å². The van der Waals surface area contributed by atoms with Crippen molar-refractivity contribution in [3.63, 3.8) is 0 Å². The van der Waals surface area contributed by atoms with Crippen LogP contribution in [0.4, 0.5) is 0 Å². The normalized spacial score (nSPS) is 10.5. The van der Waals surface area contributed by atoms with Gasteiger partial charge < -0.3 is 5.11 Å². The molecule has 0 unspecified atom stereocenters. The Bertz CT molecular complexity index is 220. The average Bonchev–Trinajstić information content (AvgIpc) is 2.53. The van der Waals surface area contributed by atoms with Crippen LogP contribution in [0.25, 0.3) is 0 Å². The summed E-state index contributed by atoms with van der Waals surface area (Å²) in [6.45, 7) is 3.32. The number of imidazole rings is 1. The van der Waals surface area contributed by atoms with Crippen LogP contribution in [0.3, 0.4) is 0 Å². The summed E-state index contributed by atoms with van der Waals surface area (Å²) >= 11 is 0. The van der Waals surface area contributed by atoms with E-state index in [1.54, 1.807) is 4.57 Å². The minimum absolute atomic E-state index is 0.0702. The Kier molecular flexibility index (Phi) is 3.80. The van der Waals surface area contributed by atoms with E-state index in [0.29, 0.717) is 0 Å². The molecule has 0 bridgehead atoms. The maximum absolute atomic E-state index is 8.77. The number of rotatable bonds is 5. The molecule has 0 saturated heterocycles. The van der Waals surface area contributed by atoms with Gasteiger partial charge in [0.05, 0.1) is 6.54 Å². The molecule has 1 aromatic rings. The summed E-state index contributed by atoms with van der Waals surface area (Å²) in [7, 11) is 0. The van der Waals surface area contributed by atoms with Crippen molar-refractivity contribution in [2.75, 3.05) is 0 Å². The van der Waals surface area contributed by atoms with E-state index in [9.17, 15) is 0 Å². The van der Waals surface area contributed by atoms with Gasteiger partial charge in [-0.2, -0.15) is 0 Å². The van der Waals surface area contributed by atoms with Crippen molar-refractivity contribution in [2.45, 2.75) is 39.5 Å². The van der Waals surface area contributed by atoms with E-state index in [2.05, 4.69) is 11.5 Å². The lowest BCUT2D eigenvalue weighted by Gasteiger charge is -1.93. The lowest BCUT2D eigenvalue weighted by Crippen LogP contribution is -2.30. The molecule has 1 heterocycles. The monoisotopic (exact) mass is 169 g/mol. The molecule has 1 aromatic heterocycles. The number of unbranched alkanes of at least 4 members (excludes halogenated alkanes) is 2. The number of hydrogen-bond acceptors (Lipinski definition) is 1. The fourth-order valence-electron chi connectivity index (χ4n) is 1.20. The summed E-state index contributed by atoms with van der Waals surface area (Å²) in [6.07, 6.45) is 9.54. The van der Waals surface area contributed by atoms with E-state index in [-0.39, 0.29) is 6.73 Å². The molecule has 0 spiro atoms. The molecule has 0 atom stereocenters. The van der Waals surface area contributed by atoms with E-state index < -0.39 is 0 Å². The van der Waals surface area contributed by atoms with Gasteiger partial charge in [-0.15, -0.1) is 0 Å². The van der Waals surface area contributed by atoms with Crippen molar-refractivity contribution < 1.29 is 9.67 Å². The molecule has 1 N–H and O–H groups in total. The zero-order chi connectivity index (χ0) is 8.81. The summed E-state index contributed by atoms with van der Waals surface area (Å²) in [5, 5.41) is 8.77. The molecule has 1 rings (SSSR count). The molecule has 12 heavy (non-hydrogen) atoms. The van der Waals surface area contributed by atoms with Gasteiger partial charge in [0, 0.05) is 0 Å². The number of aliphatic hydroxyl groups is 1. The van der Waals surface area contributed by atoms with Gasteiger partial charge in [0.2, 0.25) is 6.33 Å². The van der Waals surface area contributed by atoms with E-state index >= 15 is 0 Å². The lowest BCUT2D eigenvalue weighted by atomic mass is 10.2. The molecule has 3 nitrogen and oxygen atoms in total. The Morgan fingerprint density at radius 1 is 1.42 bits per heavy atom. The first kappa shape index (κ1) is 9.26. The van der Waals surface area contributed by atoms with Crippen LogP contribution in [0.5, 0.6) is 0 Å². The highest BCUT2D eigenvalue weighted by atomic mass is 16.3. The summed E-state index contributed by atoms with van der Waals surface area (Å²) in [5.41, 5.74) is 0. The van der Waals surface area contributed by atoms with Gasteiger partial charge in [0.1, 0.15) is 12.4 Å². The number of hydrogen-bond donors (Lipinski definition) is 1. The molecule has 0 aliphatic heterocycles. The summed E-state index contributed by atoms with van der Waals surface area (Å²) in [5.74, 6) is 0. The topological polar surface area (TPSA) is 29.0 Å². The third-order valence-corrected chi connectivity index (χ3v) is 1.93. The highest BCUT2D eigenvalue weighted by molar-refractivity contribution is 4.65. The van der Waals surface area contributed by atoms with Crippen molar-refractivity contribution in [2.24, 2.45) is 0 Å². The molecule has 0 aliphatic rings. The predicted octanol–water partition coefficient (Wildman–Crippen LogP) is 0.916. The van der Waals surface area contributed by atoms with Gasteiger partial charge in [-0.1, -0.05) is 13.3 Å². The van der Waals surface area contributed by atoms with Crippen LogP contribution in [0.1, 0.15) is 26.2 Å². The molecule has 0 radical (unpaired) electrons. The number of nitrogens with zero attached hydrogens (tertiary/aromatic N) is 2. The zero-order valence-corrected chi connectivity index (χ0v) is 7.61. The maximum Gasteiger partial charge on any atom is 0.245 e. The first-order chi connectivity index (χ1) is 5.86. The third kappa shape index (κ3) is 2.66. The zero-order valence-electron chi connectivity index (χ0n) is 7.61. The van der Waals surface area contributed by atoms with Gasteiger partial charge in [-0.3, -0.25) is 0 Å². The molecule has 0 saturated carbocycles. The van der Waals surface area contributed by atoms with Crippen molar-refractivity contribution in [3.05, 3.63) is 18.7 Å². The van der Waals surface area contributed by atoms with Crippen LogP contribution in [0.15, 0.2) is 18.7 Å². The molecule has 0 aromatic carbocycles. The van der Waals surface area contributed by atoms with Crippen LogP contribution < -0.4 is 4.57 Å². The Labute approximate surface area is 73.3 Å². The van der Waals surface area contributed by atoms with Crippen molar-refractivity contribution >= 4 is 0 Å². The Balaban J connectivity index is 2.31. The highest BCUT2D eigenvalue weighted by Crippen LogP contribution is 1.96. The number of aryl methyl sites for hydroxylation is 1. The number of aliphatic hydroxyl groups excluding tert-OH is 1. The van der Waals surface area contributed by atoms with Gasteiger partial charge in [-0.25, -0.2) is 9.13 Å². The fraction of sp³-hybridized carbons (Fsp3) is 0.667. The molecule has 0 aliphatic carbocycles. The van der Waals surface area contributed by atoms with Crippen LogP contribution >= 0.6 is 0 Å². The van der Waals surface area contributed by atoms with E-state index in [0.717, 1.165) is 6.54 Å². The Morgan fingerprint density at radius 3 is 2.83 bits per heavy atom. The molecule has 0 fully saturated rings. The molecular weight excluding hydrogens is 152 g/mol. The smallest absolute Gasteiger partial charge is 0.245 e. The molecule has 0 amide bonds. The Hall–Kier alpha value is -0.830. The average molecular weight is 169 g/mol. The van der Waals surface area contributed by atoms with Crippen molar-refractivity contribution in [1.29, 1.82) is 0 Å². The van der Waals surface area contributed by atoms with Gasteiger partial charge in [0.25, 0.3) is 0 Å². The summed E-state index contributed by atoms with van der Waals surface area (Å²) in [4.78, 5) is 0. The van der Waals surface area contributed by atoms with Crippen molar-refractivity contribution in [1.82, 2.24) is 4.57 Å². The Morgan fingerprint density at radius 2 is 2.25 bits per heavy atom. The highest BCUT2D eigenvalue weighted by Gasteiger charge is 2.00. The van der Waals surface area contributed by atoms with Gasteiger partial charge in [-0.05, 0) is 12.8 Å². The second-order valence-corrected chi connectivity index (χ2v) is 3.01. The van der Waals surface area contributed by atoms with Crippen LogP contribution in [0, 0.1) is 0 Å². The predicted molar refractivity (Wildman–Crippen MR) is 46.4 cm³/mol. The van der Waals surface area contributed by atoms with E-state index in [1.807, 2.05) is 18.7 Å². The first-order valence-corrected chi connectivity index (χ1v) is 4.52. The van der Waals surface area contributed by atoms with Crippen LogP contribution in [0.2, 0.25) is 0 Å². The lowest BCUT2D eigenvalue weighted by molar-refractivity contribution is -0.729. The van der Waals surface area contributed by atoms with Gasteiger partial charge >= 0.3 is 0 Å². The quantitative estimate of drug-likeness (QED) is 0.515. The fourth-order valence-corrected chi connectivity index (χ4v) is 1.20. The van der Waals surface area contributed by atoms with Gasteiger partial charge in [0.15, 0.2) is 6.73 Å². The van der Waals surface area contributed by atoms with Crippen molar-refractivity contribution in [3.8, 4) is 0 Å². The minimum atomic E-state index is 0.0702. The molecular formula is C9H17N2O+. The SMILES string of the molecule is CCCCCn1cc[n+](CO)c1. The first-order valence-electron chi connectivity index (χ1n) is 4.52. The number of aromatic nitrogens is 2. The largest absolute Gasteiger partial charge is 0.358 e. The molecule has 68 valence electrons. The summed E-state index contributed by atoms with van der Waals surface area (Å²) in [6, 6.07) is 0. The standard InChI is InChI=1S/C9H17N2O/c1-2-3-4-5-10-6-7-11(8-10)9-12/h6-8,12H,2-5,9H2,1H3/q+1. The maximum atomic E-state index is 8.77. The third-order valence-electron chi connectivity index (χ3n) is 1.93. The molecule has 3 heteroatoms. The second-order valence-electron chi connectivity index (χ2n) is 3.01. The minimum Gasteiger partial charge on any atom is -0.358 e. The second kappa shape index (κ2) is 4.93. The van der Waals surface area contributed by atoms with E-state index in [4.69, 9.17) is 5.11 Å².